The molecule has 1 aliphatic rings. The van der Waals surface area contributed by atoms with Gasteiger partial charge in [0.1, 0.15) is 11.8 Å². The molecule has 0 saturated heterocycles. The van der Waals surface area contributed by atoms with Crippen molar-refractivity contribution in [2.24, 2.45) is 0 Å². The highest BCUT2D eigenvalue weighted by molar-refractivity contribution is 7.97. The highest BCUT2D eigenvalue weighted by atomic mass is 32.2. The molecule has 0 saturated carbocycles. The molecule has 0 bridgehead atoms. The maximum atomic E-state index is 10.8. The Kier molecular flexibility index (Phi) is 1.70. The van der Waals surface area contributed by atoms with Crippen LogP contribution in [0.1, 0.15) is 12.5 Å². The number of rotatable bonds is 1. The fourth-order valence-corrected chi connectivity index (χ4v) is 2.30. The van der Waals surface area contributed by atoms with E-state index in [4.69, 9.17) is 0 Å². The van der Waals surface area contributed by atoms with Gasteiger partial charge < -0.3 is 4.79 Å². The molecule has 2 rings (SSSR count). The molecule has 1 unspecified atom stereocenters. The lowest BCUT2D eigenvalue weighted by molar-refractivity contribution is -0.112. The number of hydrogen-bond acceptors (Lipinski definition) is 3. The van der Waals surface area contributed by atoms with Crippen LogP contribution in [0.4, 0.5) is 0 Å². The quantitative estimate of drug-likeness (QED) is 0.525. The second-order valence-corrected chi connectivity index (χ2v) is 3.87. The van der Waals surface area contributed by atoms with Crippen LogP contribution >= 0.6 is 11.9 Å². The Hall–Kier alpha value is -0.800. The summed E-state index contributed by atoms with van der Waals surface area (Å²) in [7, 11) is 0. The molecular formula is C9H9NOS. The fourth-order valence-electron chi connectivity index (χ4n) is 1.29. The van der Waals surface area contributed by atoms with Gasteiger partial charge in [-0.1, -0.05) is 18.2 Å². The van der Waals surface area contributed by atoms with Gasteiger partial charge in [0, 0.05) is 4.90 Å². The summed E-state index contributed by atoms with van der Waals surface area (Å²) in [6.45, 7) is 1.89. The first kappa shape index (κ1) is 7.83. The lowest BCUT2D eigenvalue weighted by Crippen LogP contribution is -2.32. The normalized spacial score (nSPS) is 26.8. The van der Waals surface area contributed by atoms with E-state index >= 15 is 0 Å². The Labute approximate surface area is 75.5 Å². The van der Waals surface area contributed by atoms with Crippen LogP contribution in [0.5, 0.6) is 0 Å². The molecule has 0 aromatic heterocycles. The monoisotopic (exact) mass is 179 g/mol. The Morgan fingerprint density at radius 2 is 2.25 bits per heavy atom. The van der Waals surface area contributed by atoms with E-state index in [2.05, 4.69) is 4.72 Å². The predicted octanol–water partition coefficient (Wildman–Crippen LogP) is 1.71. The van der Waals surface area contributed by atoms with Crippen LogP contribution in [0.15, 0.2) is 29.2 Å². The van der Waals surface area contributed by atoms with Crippen molar-refractivity contribution >= 4 is 18.2 Å². The van der Waals surface area contributed by atoms with E-state index in [1.165, 1.54) is 11.9 Å². The zero-order valence-corrected chi connectivity index (χ0v) is 7.52. The molecule has 0 aliphatic carbocycles. The van der Waals surface area contributed by atoms with Gasteiger partial charge in [0.2, 0.25) is 0 Å². The van der Waals surface area contributed by atoms with E-state index in [0.29, 0.717) is 0 Å². The van der Waals surface area contributed by atoms with Crippen LogP contribution in [0.3, 0.4) is 0 Å². The fraction of sp³-hybridized carbons (Fsp3) is 0.222. The minimum absolute atomic E-state index is 0.499. The van der Waals surface area contributed by atoms with Crippen LogP contribution in [-0.2, 0) is 10.3 Å². The van der Waals surface area contributed by atoms with Crippen molar-refractivity contribution in [1.29, 1.82) is 0 Å². The van der Waals surface area contributed by atoms with Crippen molar-refractivity contribution in [3.8, 4) is 0 Å². The maximum Gasteiger partial charge on any atom is 0.145 e. The number of nitrogens with one attached hydrogen (secondary N) is 1. The molecule has 1 heterocycles. The topological polar surface area (TPSA) is 29.1 Å². The summed E-state index contributed by atoms with van der Waals surface area (Å²) in [6.07, 6.45) is 0.950. The van der Waals surface area contributed by atoms with Gasteiger partial charge in [0.25, 0.3) is 0 Å². The van der Waals surface area contributed by atoms with Gasteiger partial charge in [0.15, 0.2) is 0 Å². The second kappa shape index (κ2) is 2.61. The largest absolute Gasteiger partial charge is 0.301 e. The first-order valence-corrected chi connectivity index (χ1v) is 4.58. The van der Waals surface area contributed by atoms with Gasteiger partial charge >= 0.3 is 0 Å². The van der Waals surface area contributed by atoms with Crippen LogP contribution in [0.2, 0.25) is 0 Å². The molecule has 0 spiro atoms. The lowest BCUT2D eigenvalue weighted by atomic mass is 9.95. The second-order valence-electron chi connectivity index (χ2n) is 3.02. The maximum absolute atomic E-state index is 10.8. The van der Waals surface area contributed by atoms with Crippen LogP contribution < -0.4 is 4.72 Å². The third-order valence-electron chi connectivity index (χ3n) is 2.06. The van der Waals surface area contributed by atoms with Crippen molar-refractivity contribution in [3.05, 3.63) is 29.8 Å². The van der Waals surface area contributed by atoms with Gasteiger partial charge in [0.05, 0.1) is 0 Å². The number of fused-ring (bicyclic) bond motifs is 1. The Morgan fingerprint density at radius 3 is 3.00 bits per heavy atom. The molecular weight excluding hydrogens is 170 g/mol. The summed E-state index contributed by atoms with van der Waals surface area (Å²) >= 11 is 1.52. The Balaban J connectivity index is 2.56. The number of hydrogen-bond donors (Lipinski definition) is 1. The van der Waals surface area contributed by atoms with Crippen LogP contribution in [0, 0.1) is 0 Å². The number of carbonyl (C=O) groups excluding carboxylic acids is 1. The smallest absolute Gasteiger partial charge is 0.145 e. The summed E-state index contributed by atoms with van der Waals surface area (Å²) in [5, 5.41) is 0. The molecule has 2 nitrogen and oxygen atoms in total. The summed E-state index contributed by atoms with van der Waals surface area (Å²) in [4.78, 5) is 12.0. The average molecular weight is 179 g/mol. The molecule has 1 aromatic carbocycles. The molecule has 0 radical (unpaired) electrons. The first-order valence-electron chi connectivity index (χ1n) is 3.76. The minimum Gasteiger partial charge on any atom is -0.301 e. The third-order valence-corrected chi connectivity index (χ3v) is 3.16. The molecule has 0 amide bonds. The Morgan fingerprint density at radius 1 is 1.50 bits per heavy atom. The lowest BCUT2D eigenvalue weighted by Gasteiger charge is -2.15. The van der Waals surface area contributed by atoms with Gasteiger partial charge in [-0.3, -0.25) is 0 Å². The highest BCUT2D eigenvalue weighted by Crippen LogP contribution is 2.37. The molecule has 1 atom stereocenters. The number of benzene rings is 1. The van der Waals surface area contributed by atoms with E-state index < -0.39 is 5.54 Å². The molecule has 12 heavy (non-hydrogen) atoms. The van der Waals surface area contributed by atoms with Crippen LogP contribution in [0.25, 0.3) is 0 Å². The number of aldehydes is 1. The Bertz CT molecular complexity index is 326. The SMILES string of the molecule is CC1(C=O)NSc2ccccc21. The zero-order chi connectivity index (χ0) is 8.60. The van der Waals surface area contributed by atoms with E-state index in [1.54, 1.807) is 0 Å². The van der Waals surface area contributed by atoms with E-state index in [1.807, 2.05) is 31.2 Å². The summed E-state index contributed by atoms with van der Waals surface area (Å²) in [5.74, 6) is 0. The van der Waals surface area contributed by atoms with Gasteiger partial charge in [-0.25, -0.2) is 4.72 Å². The first-order chi connectivity index (χ1) is 5.76. The molecule has 1 aromatic rings. The summed E-state index contributed by atoms with van der Waals surface area (Å²) < 4.78 is 3.10. The molecule has 1 aliphatic heterocycles. The van der Waals surface area contributed by atoms with E-state index in [9.17, 15) is 4.79 Å². The minimum atomic E-state index is -0.499. The standard InChI is InChI=1S/C9H9NOS/c1-9(6-11)7-4-2-3-5-8(7)12-10-9/h2-6,10H,1H3. The predicted molar refractivity (Wildman–Crippen MR) is 48.9 cm³/mol. The zero-order valence-electron chi connectivity index (χ0n) is 6.70. The van der Waals surface area contributed by atoms with Crippen molar-refractivity contribution < 1.29 is 4.79 Å². The molecule has 0 fully saturated rings. The van der Waals surface area contributed by atoms with Crippen molar-refractivity contribution in [1.82, 2.24) is 4.72 Å². The van der Waals surface area contributed by atoms with Crippen molar-refractivity contribution in [3.63, 3.8) is 0 Å². The van der Waals surface area contributed by atoms with E-state index in [0.717, 1.165) is 16.7 Å². The van der Waals surface area contributed by atoms with Gasteiger partial charge in [-0.15, -0.1) is 0 Å². The summed E-state index contributed by atoms with van der Waals surface area (Å²) in [6, 6.07) is 7.93. The third kappa shape index (κ3) is 0.974. The number of carbonyl (C=O) groups is 1. The molecule has 1 N–H and O–H groups in total. The van der Waals surface area contributed by atoms with Crippen LogP contribution in [-0.4, -0.2) is 6.29 Å². The van der Waals surface area contributed by atoms with Crippen molar-refractivity contribution in [2.75, 3.05) is 0 Å². The van der Waals surface area contributed by atoms with Gasteiger partial charge in [-0.2, -0.15) is 0 Å². The summed E-state index contributed by atoms with van der Waals surface area (Å²) in [5.41, 5.74) is 0.575. The van der Waals surface area contributed by atoms with Gasteiger partial charge in [-0.05, 0) is 30.5 Å². The highest BCUT2D eigenvalue weighted by Gasteiger charge is 2.33. The van der Waals surface area contributed by atoms with Crippen molar-refractivity contribution in [2.45, 2.75) is 17.4 Å². The van der Waals surface area contributed by atoms with E-state index in [-0.39, 0.29) is 0 Å². The molecule has 62 valence electrons. The average Bonchev–Trinajstić information content (AvgIpc) is 2.46. The molecule has 3 heteroatoms.